The highest BCUT2D eigenvalue weighted by molar-refractivity contribution is 5.50. The van der Waals surface area contributed by atoms with Crippen LogP contribution in [0.4, 0.5) is 0 Å². The fourth-order valence-corrected chi connectivity index (χ4v) is 3.07. The van der Waals surface area contributed by atoms with Crippen molar-refractivity contribution in [3.05, 3.63) is 30.1 Å². The Kier molecular flexibility index (Phi) is 4.69. The van der Waals surface area contributed by atoms with Gasteiger partial charge in [0.1, 0.15) is 5.75 Å². The number of aromatic nitrogens is 1. The Hall–Kier alpha value is -1.35. The molecular formula is C17H24N2O. The van der Waals surface area contributed by atoms with Crippen LogP contribution in [0.25, 0.3) is 6.08 Å². The number of ether oxygens (including phenoxy) is 1. The monoisotopic (exact) mass is 272 g/mol. The summed E-state index contributed by atoms with van der Waals surface area (Å²) in [7, 11) is 0. The topological polar surface area (TPSA) is 34.2 Å². The van der Waals surface area contributed by atoms with Crippen molar-refractivity contribution < 1.29 is 4.74 Å². The minimum Gasteiger partial charge on any atom is -0.489 e. The first-order valence-corrected chi connectivity index (χ1v) is 7.93. The largest absolute Gasteiger partial charge is 0.489 e. The van der Waals surface area contributed by atoms with Crippen LogP contribution in [0.15, 0.2) is 24.5 Å². The van der Waals surface area contributed by atoms with Crippen LogP contribution < -0.4 is 10.1 Å². The van der Waals surface area contributed by atoms with E-state index in [1.54, 1.807) is 0 Å². The molecule has 0 aromatic carbocycles. The zero-order valence-electron chi connectivity index (χ0n) is 12.1. The van der Waals surface area contributed by atoms with Crippen LogP contribution in [-0.4, -0.2) is 23.7 Å². The van der Waals surface area contributed by atoms with Gasteiger partial charge in [-0.15, -0.1) is 0 Å². The van der Waals surface area contributed by atoms with Gasteiger partial charge < -0.3 is 10.1 Å². The van der Waals surface area contributed by atoms with E-state index in [1.165, 1.54) is 44.9 Å². The van der Waals surface area contributed by atoms with Crippen LogP contribution in [0, 0.1) is 0 Å². The maximum absolute atomic E-state index is 6.06. The smallest absolute Gasteiger partial charge is 0.138 e. The Balaban J connectivity index is 1.59. The average molecular weight is 272 g/mol. The predicted octanol–water partition coefficient (Wildman–Crippen LogP) is 3.56. The van der Waals surface area contributed by atoms with Crippen LogP contribution in [0.2, 0.25) is 0 Å². The standard InChI is InChI=1S/C17H24N2O/c1-2-6-16(7-3-1)20-17-11-14(12-18-13-17)8-9-15-5-4-10-19-15/h8-9,11-13,15-16,19H,1-7,10H2/t15-/m0/s1. The lowest BCUT2D eigenvalue weighted by Gasteiger charge is -2.22. The van der Waals surface area contributed by atoms with E-state index in [-0.39, 0.29) is 0 Å². The normalized spacial score (nSPS) is 24.3. The highest BCUT2D eigenvalue weighted by Crippen LogP contribution is 2.23. The Labute approximate surface area is 121 Å². The second-order valence-corrected chi connectivity index (χ2v) is 5.89. The van der Waals surface area contributed by atoms with Gasteiger partial charge in [0.15, 0.2) is 0 Å². The summed E-state index contributed by atoms with van der Waals surface area (Å²) in [5, 5.41) is 3.47. The Morgan fingerprint density at radius 2 is 2.00 bits per heavy atom. The number of hydrogen-bond donors (Lipinski definition) is 1. The van der Waals surface area contributed by atoms with E-state index < -0.39 is 0 Å². The third kappa shape index (κ3) is 3.83. The van der Waals surface area contributed by atoms with Crippen molar-refractivity contribution in [2.45, 2.75) is 57.1 Å². The minimum absolute atomic E-state index is 0.390. The van der Waals surface area contributed by atoms with Crippen molar-refractivity contribution in [3.8, 4) is 5.75 Å². The van der Waals surface area contributed by atoms with Gasteiger partial charge >= 0.3 is 0 Å². The summed E-state index contributed by atoms with van der Waals surface area (Å²) in [4.78, 5) is 4.30. The fraction of sp³-hybridized carbons (Fsp3) is 0.588. The van der Waals surface area contributed by atoms with E-state index in [4.69, 9.17) is 4.74 Å². The lowest BCUT2D eigenvalue weighted by atomic mass is 9.98. The first-order chi connectivity index (χ1) is 9.90. The van der Waals surface area contributed by atoms with E-state index in [0.29, 0.717) is 12.1 Å². The fourth-order valence-electron chi connectivity index (χ4n) is 3.07. The van der Waals surface area contributed by atoms with Crippen molar-refractivity contribution in [1.29, 1.82) is 0 Å². The predicted molar refractivity (Wildman–Crippen MR) is 81.8 cm³/mol. The second kappa shape index (κ2) is 6.89. The summed E-state index contributed by atoms with van der Waals surface area (Å²) in [5.41, 5.74) is 1.13. The van der Waals surface area contributed by atoms with Crippen LogP contribution in [0.3, 0.4) is 0 Å². The van der Waals surface area contributed by atoms with Crippen molar-refractivity contribution in [2.75, 3.05) is 6.54 Å². The van der Waals surface area contributed by atoms with Gasteiger partial charge in [-0.1, -0.05) is 18.6 Å². The number of hydrogen-bond acceptors (Lipinski definition) is 3. The van der Waals surface area contributed by atoms with Crippen LogP contribution in [0.5, 0.6) is 5.75 Å². The van der Waals surface area contributed by atoms with E-state index >= 15 is 0 Å². The number of pyridine rings is 1. The molecule has 0 bridgehead atoms. The molecule has 1 aliphatic heterocycles. The van der Waals surface area contributed by atoms with E-state index in [0.717, 1.165) is 17.9 Å². The molecule has 1 N–H and O–H groups in total. The number of rotatable bonds is 4. The van der Waals surface area contributed by atoms with Crippen LogP contribution in [0.1, 0.15) is 50.5 Å². The molecule has 2 fully saturated rings. The lowest BCUT2D eigenvalue weighted by molar-refractivity contribution is 0.154. The third-order valence-corrected chi connectivity index (χ3v) is 4.21. The second-order valence-electron chi connectivity index (χ2n) is 5.89. The van der Waals surface area contributed by atoms with Gasteiger partial charge in [-0.3, -0.25) is 4.98 Å². The molecule has 3 heteroatoms. The van der Waals surface area contributed by atoms with Gasteiger partial charge in [-0.05, 0) is 56.7 Å². The minimum atomic E-state index is 0.390. The van der Waals surface area contributed by atoms with Crippen molar-refractivity contribution in [2.24, 2.45) is 0 Å². The maximum Gasteiger partial charge on any atom is 0.138 e. The van der Waals surface area contributed by atoms with Gasteiger partial charge in [-0.25, -0.2) is 0 Å². The molecule has 1 aromatic rings. The third-order valence-electron chi connectivity index (χ3n) is 4.21. The molecule has 20 heavy (non-hydrogen) atoms. The maximum atomic E-state index is 6.06. The highest BCUT2D eigenvalue weighted by Gasteiger charge is 2.15. The summed E-state index contributed by atoms with van der Waals surface area (Å²) in [6, 6.07) is 2.63. The zero-order valence-corrected chi connectivity index (χ0v) is 12.1. The summed E-state index contributed by atoms with van der Waals surface area (Å²) in [5.74, 6) is 0.915. The Morgan fingerprint density at radius 3 is 2.80 bits per heavy atom. The first-order valence-electron chi connectivity index (χ1n) is 7.93. The number of nitrogens with one attached hydrogen (secondary N) is 1. The quantitative estimate of drug-likeness (QED) is 0.910. The summed E-state index contributed by atoms with van der Waals surface area (Å²) in [6.45, 7) is 1.14. The molecule has 1 saturated carbocycles. The number of nitrogens with zero attached hydrogens (tertiary/aromatic N) is 1. The molecule has 1 saturated heterocycles. The Bertz CT molecular complexity index is 446. The molecule has 3 nitrogen and oxygen atoms in total. The van der Waals surface area contributed by atoms with Gasteiger partial charge in [0.25, 0.3) is 0 Å². The molecule has 1 aliphatic carbocycles. The Morgan fingerprint density at radius 1 is 1.10 bits per heavy atom. The van der Waals surface area contributed by atoms with E-state index in [9.17, 15) is 0 Å². The molecule has 2 aliphatic rings. The highest BCUT2D eigenvalue weighted by atomic mass is 16.5. The lowest BCUT2D eigenvalue weighted by Crippen LogP contribution is -2.19. The molecule has 3 rings (SSSR count). The molecule has 0 spiro atoms. The molecule has 1 aromatic heterocycles. The summed E-state index contributed by atoms with van der Waals surface area (Å²) in [6.07, 6.45) is 17.4. The van der Waals surface area contributed by atoms with Gasteiger partial charge in [0.05, 0.1) is 12.3 Å². The van der Waals surface area contributed by atoms with Crippen LogP contribution >= 0.6 is 0 Å². The van der Waals surface area contributed by atoms with Crippen molar-refractivity contribution in [1.82, 2.24) is 10.3 Å². The molecule has 0 amide bonds. The molecule has 2 heterocycles. The molecule has 108 valence electrons. The average Bonchev–Trinajstić information content (AvgIpc) is 3.00. The molecule has 0 unspecified atom stereocenters. The SMILES string of the molecule is C(=C[C@@H]1CCCN1)c1cncc(OC2CCCCC2)c1. The molecule has 1 atom stereocenters. The zero-order chi connectivity index (χ0) is 13.6. The van der Waals surface area contributed by atoms with Crippen molar-refractivity contribution >= 4 is 6.08 Å². The van der Waals surface area contributed by atoms with Crippen molar-refractivity contribution in [3.63, 3.8) is 0 Å². The molecule has 0 radical (unpaired) electrons. The van der Waals surface area contributed by atoms with Crippen LogP contribution in [-0.2, 0) is 0 Å². The van der Waals surface area contributed by atoms with E-state index in [2.05, 4.69) is 28.5 Å². The van der Waals surface area contributed by atoms with Gasteiger partial charge in [0, 0.05) is 12.2 Å². The molecular weight excluding hydrogens is 248 g/mol. The van der Waals surface area contributed by atoms with Gasteiger partial charge in [0.2, 0.25) is 0 Å². The summed E-state index contributed by atoms with van der Waals surface area (Å²) < 4.78 is 6.06. The summed E-state index contributed by atoms with van der Waals surface area (Å²) >= 11 is 0. The first kappa shape index (κ1) is 13.6. The van der Waals surface area contributed by atoms with E-state index in [1.807, 2.05) is 12.4 Å². The van der Waals surface area contributed by atoms with Gasteiger partial charge in [-0.2, -0.15) is 0 Å².